The number of nitriles is 1. The Morgan fingerprint density at radius 1 is 1.45 bits per heavy atom. The van der Waals surface area contributed by atoms with Gasteiger partial charge < -0.3 is 5.73 Å². The summed E-state index contributed by atoms with van der Waals surface area (Å²) in [6.45, 7) is 1.04. The maximum absolute atomic E-state index is 11.5. The van der Waals surface area contributed by atoms with Crippen LogP contribution in [0.3, 0.4) is 0 Å². The van der Waals surface area contributed by atoms with Crippen LogP contribution in [0.1, 0.15) is 13.3 Å². The van der Waals surface area contributed by atoms with Gasteiger partial charge in [0, 0.05) is 0 Å². The summed E-state index contributed by atoms with van der Waals surface area (Å²) in [5.74, 6) is 0. The SMILES string of the molecule is CC(N)(C#N)CC(F)(F)F.Cl. The van der Waals surface area contributed by atoms with Gasteiger partial charge in [0.15, 0.2) is 0 Å². The molecule has 0 rings (SSSR count). The molecule has 0 aliphatic heterocycles. The summed E-state index contributed by atoms with van der Waals surface area (Å²) in [7, 11) is 0. The predicted octanol–water partition coefficient (Wildman–Crippen LogP) is 1.60. The average Bonchev–Trinajstić information content (AvgIpc) is 1.60. The number of nitrogens with two attached hydrogens (primary N) is 1. The van der Waals surface area contributed by atoms with E-state index in [1.807, 2.05) is 0 Å². The maximum Gasteiger partial charge on any atom is 0.391 e. The second-order valence-electron chi connectivity index (χ2n) is 2.32. The van der Waals surface area contributed by atoms with E-state index in [0.717, 1.165) is 6.92 Å². The Kier molecular flexibility index (Phi) is 4.53. The van der Waals surface area contributed by atoms with E-state index in [4.69, 9.17) is 11.0 Å². The molecule has 1 atom stereocenters. The molecule has 0 aliphatic rings. The third kappa shape index (κ3) is 7.43. The standard InChI is InChI=1S/C5H7F3N2.ClH/c1-4(10,3-9)2-5(6,7)8;/h2,10H2,1H3;1H. The van der Waals surface area contributed by atoms with E-state index >= 15 is 0 Å². The lowest BCUT2D eigenvalue weighted by Gasteiger charge is -2.16. The lowest BCUT2D eigenvalue weighted by Crippen LogP contribution is -2.39. The number of hydrogen-bond acceptors (Lipinski definition) is 2. The van der Waals surface area contributed by atoms with Crippen molar-refractivity contribution >= 4 is 12.4 Å². The molecule has 0 saturated heterocycles. The number of halogens is 4. The summed E-state index contributed by atoms with van der Waals surface area (Å²) >= 11 is 0. The van der Waals surface area contributed by atoms with Gasteiger partial charge in [0.25, 0.3) is 0 Å². The molecule has 0 aliphatic carbocycles. The zero-order valence-electron chi connectivity index (χ0n) is 5.77. The average molecular weight is 189 g/mol. The van der Waals surface area contributed by atoms with Crippen molar-refractivity contribution in [2.75, 3.05) is 0 Å². The predicted molar refractivity (Wildman–Crippen MR) is 36.1 cm³/mol. The van der Waals surface area contributed by atoms with E-state index in [9.17, 15) is 13.2 Å². The Labute approximate surface area is 68.6 Å². The molecule has 0 fully saturated rings. The molecule has 0 aromatic carbocycles. The third-order valence-electron chi connectivity index (χ3n) is 0.823. The van der Waals surface area contributed by atoms with Crippen molar-refractivity contribution in [2.24, 2.45) is 5.73 Å². The van der Waals surface area contributed by atoms with Crippen LogP contribution in [-0.4, -0.2) is 11.7 Å². The van der Waals surface area contributed by atoms with Gasteiger partial charge in [0.1, 0.15) is 5.54 Å². The van der Waals surface area contributed by atoms with E-state index in [1.165, 1.54) is 6.07 Å². The van der Waals surface area contributed by atoms with Gasteiger partial charge in [-0.15, -0.1) is 12.4 Å². The topological polar surface area (TPSA) is 49.8 Å². The fraction of sp³-hybridized carbons (Fsp3) is 0.800. The maximum atomic E-state index is 11.5. The van der Waals surface area contributed by atoms with E-state index in [0.29, 0.717) is 0 Å². The fourth-order valence-electron chi connectivity index (χ4n) is 0.456. The summed E-state index contributed by atoms with van der Waals surface area (Å²) in [6, 6.07) is 1.36. The van der Waals surface area contributed by atoms with E-state index in [-0.39, 0.29) is 12.4 Å². The van der Waals surface area contributed by atoms with Crippen molar-refractivity contribution in [1.29, 1.82) is 5.26 Å². The largest absolute Gasteiger partial charge is 0.391 e. The van der Waals surface area contributed by atoms with Crippen LogP contribution in [0.15, 0.2) is 0 Å². The summed E-state index contributed by atoms with van der Waals surface area (Å²) in [4.78, 5) is 0. The highest BCUT2D eigenvalue weighted by Gasteiger charge is 2.36. The molecular formula is C5H8ClF3N2. The third-order valence-corrected chi connectivity index (χ3v) is 0.823. The van der Waals surface area contributed by atoms with Gasteiger partial charge in [-0.25, -0.2) is 0 Å². The minimum absolute atomic E-state index is 0. The highest BCUT2D eigenvalue weighted by atomic mass is 35.5. The molecular weight excluding hydrogens is 181 g/mol. The molecule has 11 heavy (non-hydrogen) atoms. The Hall–Kier alpha value is -0.470. The van der Waals surface area contributed by atoms with Gasteiger partial charge in [0.05, 0.1) is 12.5 Å². The van der Waals surface area contributed by atoms with E-state index in [2.05, 4.69) is 0 Å². The van der Waals surface area contributed by atoms with Crippen molar-refractivity contribution in [1.82, 2.24) is 0 Å². The second-order valence-corrected chi connectivity index (χ2v) is 2.32. The molecule has 0 heterocycles. The number of rotatable bonds is 1. The lowest BCUT2D eigenvalue weighted by molar-refractivity contribution is -0.141. The van der Waals surface area contributed by atoms with Crippen molar-refractivity contribution < 1.29 is 13.2 Å². The highest BCUT2D eigenvalue weighted by Crippen LogP contribution is 2.25. The lowest BCUT2D eigenvalue weighted by atomic mass is 10.0. The van der Waals surface area contributed by atoms with Crippen molar-refractivity contribution in [3.63, 3.8) is 0 Å². The van der Waals surface area contributed by atoms with Gasteiger partial charge in [-0.1, -0.05) is 0 Å². The molecule has 0 spiro atoms. The Balaban J connectivity index is 0. The first kappa shape index (κ1) is 13.1. The zero-order valence-corrected chi connectivity index (χ0v) is 6.59. The number of hydrogen-bond donors (Lipinski definition) is 1. The molecule has 0 radical (unpaired) electrons. The quantitative estimate of drug-likeness (QED) is 0.680. The first-order valence-corrected chi connectivity index (χ1v) is 2.54. The van der Waals surface area contributed by atoms with Gasteiger partial charge in [-0.2, -0.15) is 18.4 Å². The van der Waals surface area contributed by atoms with Gasteiger partial charge in [0.2, 0.25) is 0 Å². The monoisotopic (exact) mass is 188 g/mol. The number of nitrogens with zero attached hydrogens (tertiary/aromatic N) is 1. The van der Waals surface area contributed by atoms with Crippen LogP contribution in [0.5, 0.6) is 0 Å². The Morgan fingerprint density at radius 2 is 1.82 bits per heavy atom. The van der Waals surface area contributed by atoms with Crippen LogP contribution in [-0.2, 0) is 0 Å². The van der Waals surface area contributed by atoms with Crippen LogP contribution in [0, 0.1) is 11.3 Å². The summed E-state index contributed by atoms with van der Waals surface area (Å²) in [5, 5.41) is 8.08. The second kappa shape index (κ2) is 3.79. The summed E-state index contributed by atoms with van der Waals surface area (Å²) in [6.07, 6.45) is -5.63. The first-order chi connectivity index (χ1) is 4.27. The molecule has 0 saturated carbocycles. The zero-order chi connectivity index (χ0) is 8.41. The van der Waals surface area contributed by atoms with Gasteiger partial charge in [-0.3, -0.25) is 0 Å². The van der Waals surface area contributed by atoms with Crippen LogP contribution in [0.25, 0.3) is 0 Å². The summed E-state index contributed by atoms with van der Waals surface area (Å²) < 4.78 is 34.5. The molecule has 1 unspecified atom stereocenters. The Morgan fingerprint density at radius 3 is 1.91 bits per heavy atom. The smallest absolute Gasteiger partial charge is 0.313 e. The molecule has 66 valence electrons. The molecule has 6 heteroatoms. The van der Waals surface area contributed by atoms with Crippen LogP contribution >= 0.6 is 12.4 Å². The summed E-state index contributed by atoms with van der Waals surface area (Å²) in [5.41, 5.74) is 3.13. The highest BCUT2D eigenvalue weighted by molar-refractivity contribution is 5.85. The minimum Gasteiger partial charge on any atom is -0.313 e. The number of alkyl halides is 3. The van der Waals surface area contributed by atoms with Crippen LogP contribution in [0.2, 0.25) is 0 Å². The van der Waals surface area contributed by atoms with E-state index in [1.54, 1.807) is 0 Å². The van der Waals surface area contributed by atoms with Gasteiger partial charge >= 0.3 is 6.18 Å². The van der Waals surface area contributed by atoms with Crippen molar-refractivity contribution in [3.8, 4) is 6.07 Å². The Bertz CT molecular complexity index is 158. The molecule has 0 aromatic heterocycles. The molecule has 2 nitrogen and oxygen atoms in total. The van der Waals surface area contributed by atoms with Crippen LogP contribution < -0.4 is 5.73 Å². The molecule has 0 bridgehead atoms. The molecule has 2 N–H and O–H groups in total. The van der Waals surface area contributed by atoms with E-state index < -0.39 is 18.1 Å². The minimum atomic E-state index is -4.36. The fourth-order valence-corrected chi connectivity index (χ4v) is 0.456. The first-order valence-electron chi connectivity index (χ1n) is 2.54. The van der Waals surface area contributed by atoms with Gasteiger partial charge in [-0.05, 0) is 6.92 Å². The van der Waals surface area contributed by atoms with Crippen LogP contribution in [0.4, 0.5) is 13.2 Å². The van der Waals surface area contributed by atoms with Crippen molar-refractivity contribution in [3.05, 3.63) is 0 Å². The molecule has 0 amide bonds. The van der Waals surface area contributed by atoms with Crippen molar-refractivity contribution in [2.45, 2.75) is 25.1 Å². The molecule has 0 aromatic rings. The normalized spacial score (nSPS) is 16.0.